The highest BCUT2D eigenvalue weighted by molar-refractivity contribution is 5.65. The smallest absolute Gasteiger partial charge is 0.107 e. The van der Waals surface area contributed by atoms with E-state index >= 15 is 0 Å². The highest BCUT2D eigenvalue weighted by Gasteiger charge is 1.89. The van der Waals surface area contributed by atoms with Gasteiger partial charge < -0.3 is 5.11 Å². The Morgan fingerprint density at radius 3 is 2.44 bits per heavy atom. The van der Waals surface area contributed by atoms with Gasteiger partial charge in [-0.3, -0.25) is 4.99 Å². The van der Waals surface area contributed by atoms with Crippen molar-refractivity contribution < 1.29 is 5.11 Å². The predicted molar refractivity (Wildman–Crippen MR) is 39.8 cm³/mol. The molecule has 0 fully saturated rings. The first-order valence-electron chi connectivity index (χ1n) is 3.00. The van der Waals surface area contributed by atoms with Crippen molar-refractivity contribution in [3.8, 4) is 0 Å². The summed E-state index contributed by atoms with van der Waals surface area (Å²) < 4.78 is 0. The van der Waals surface area contributed by atoms with Crippen LogP contribution in [0.4, 0.5) is 0 Å². The van der Waals surface area contributed by atoms with Gasteiger partial charge in [-0.2, -0.15) is 0 Å². The lowest BCUT2D eigenvalue weighted by atomic mass is 10.3. The fourth-order valence-corrected chi connectivity index (χ4v) is 0.321. The second kappa shape index (κ2) is 4.27. The Morgan fingerprint density at radius 2 is 2.11 bits per heavy atom. The Hall–Kier alpha value is -0.630. The molecule has 2 heteroatoms. The zero-order chi connectivity index (χ0) is 7.28. The van der Waals surface area contributed by atoms with E-state index in [2.05, 4.69) is 11.6 Å². The summed E-state index contributed by atoms with van der Waals surface area (Å²) in [6.45, 7) is 7.30. The molecule has 0 aliphatic heterocycles. The number of aliphatic hydroxyl groups excluding tert-OH is 1. The summed E-state index contributed by atoms with van der Waals surface area (Å²) >= 11 is 0. The SMILES string of the molecule is C=CC(O)C=NC(C)C. The van der Waals surface area contributed by atoms with Crippen molar-refractivity contribution in [2.24, 2.45) is 4.99 Å². The molecule has 0 saturated heterocycles. The van der Waals surface area contributed by atoms with Crippen LogP contribution in [0.5, 0.6) is 0 Å². The minimum absolute atomic E-state index is 0.250. The molecule has 0 aromatic carbocycles. The molecule has 0 spiro atoms. The van der Waals surface area contributed by atoms with Crippen LogP contribution >= 0.6 is 0 Å². The van der Waals surface area contributed by atoms with Gasteiger partial charge in [-0.15, -0.1) is 6.58 Å². The molecule has 1 unspecified atom stereocenters. The Labute approximate surface area is 55.9 Å². The highest BCUT2D eigenvalue weighted by Crippen LogP contribution is 1.85. The fraction of sp³-hybridized carbons (Fsp3) is 0.571. The lowest BCUT2D eigenvalue weighted by Gasteiger charge is -1.96. The third kappa shape index (κ3) is 5.24. The molecular weight excluding hydrogens is 114 g/mol. The average Bonchev–Trinajstić information content (AvgIpc) is 1.83. The van der Waals surface area contributed by atoms with Crippen LogP contribution in [0.15, 0.2) is 17.6 Å². The summed E-state index contributed by atoms with van der Waals surface area (Å²) in [6.07, 6.45) is 2.33. The second-order valence-corrected chi connectivity index (χ2v) is 2.12. The Kier molecular flexibility index (Phi) is 3.97. The number of aliphatic imine (C=N–C) groups is 1. The molecule has 0 radical (unpaired) electrons. The summed E-state index contributed by atoms with van der Waals surface area (Å²) in [5, 5.41) is 8.84. The molecule has 0 amide bonds. The molecule has 9 heavy (non-hydrogen) atoms. The number of rotatable bonds is 3. The Balaban J connectivity index is 3.56. The fourth-order valence-electron chi connectivity index (χ4n) is 0.321. The summed E-state index contributed by atoms with van der Waals surface area (Å²) in [6, 6.07) is 0.250. The average molecular weight is 127 g/mol. The summed E-state index contributed by atoms with van der Waals surface area (Å²) in [5.41, 5.74) is 0. The van der Waals surface area contributed by atoms with Gasteiger partial charge >= 0.3 is 0 Å². The van der Waals surface area contributed by atoms with E-state index in [1.54, 1.807) is 0 Å². The predicted octanol–water partition coefficient (Wildman–Crippen LogP) is 1.01. The van der Waals surface area contributed by atoms with Gasteiger partial charge in [-0.1, -0.05) is 6.08 Å². The molecule has 0 aliphatic carbocycles. The Morgan fingerprint density at radius 1 is 1.56 bits per heavy atom. The van der Waals surface area contributed by atoms with Crippen LogP contribution in [0, 0.1) is 0 Å². The molecular formula is C7H13NO. The van der Waals surface area contributed by atoms with E-state index in [9.17, 15) is 0 Å². The van der Waals surface area contributed by atoms with Crippen molar-refractivity contribution in [2.75, 3.05) is 0 Å². The number of hydrogen-bond acceptors (Lipinski definition) is 2. The highest BCUT2D eigenvalue weighted by atomic mass is 16.3. The molecule has 0 aromatic heterocycles. The maximum Gasteiger partial charge on any atom is 0.107 e. The molecule has 2 nitrogen and oxygen atoms in total. The molecule has 0 aromatic rings. The standard InChI is InChI=1S/C7H13NO/c1-4-7(9)5-8-6(2)3/h4-7,9H,1H2,2-3H3. The van der Waals surface area contributed by atoms with Gasteiger partial charge in [0, 0.05) is 12.3 Å². The van der Waals surface area contributed by atoms with Crippen LogP contribution < -0.4 is 0 Å². The van der Waals surface area contributed by atoms with Gasteiger partial charge in [0.1, 0.15) is 6.10 Å². The van der Waals surface area contributed by atoms with Crippen molar-refractivity contribution >= 4 is 6.21 Å². The quantitative estimate of drug-likeness (QED) is 0.445. The molecule has 1 N–H and O–H groups in total. The first kappa shape index (κ1) is 8.37. The number of nitrogens with zero attached hydrogens (tertiary/aromatic N) is 1. The van der Waals surface area contributed by atoms with Crippen molar-refractivity contribution in [3.05, 3.63) is 12.7 Å². The first-order valence-corrected chi connectivity index (χ1v) is 3.00. The molecule has 52 valence electrons. The van der Waals surface area contributed by atoms with E-state index in [1.165, 1.54) is 12.3 Å². The van der Waals surface area contributed by atoms with E-state index in [1.807, 2.05) is 13.8 Å². The van der Waals surface area contributed by atoms with Crippen molar-refractivity contribution in [2.45, 2.75) is 26.0 Å². The molecule has 0 bridgehead atoms. The van der Waals surface area contributed by atoms with E-state index in [4.69, 9.17) is 5.11 Å². The molecule has 1 atom stereocenters. The van der Waals surface area contributed by atoms with Gasteiger partial charge in [-0.05, 0) is 13.8 Å². The molecule has 0 heterocycles. The minimum atomic E-state index is -0.590. The zero-order valence-electron chi connectivity index (χ0n) is 5.91. The van der Waals surface area contributed by atoms with Gasteiger partial charge in [0.25, 0.3) is 0 Å². The molecule has 0 rings (SSSR count). The molecule has 0 saturated carbocycles. The third-order valence-corrected chi connectivity index (χ3v) is 0.778. The summed E-state index contributed by atoms with van der Waals surface area (Å²) in [7, 11) is 0. The second-order valence-electron chi connectivity index (χ2n) is 2.12. The first-order chi connectivity index (χ1) is 4.16. The van der Waals surface area contributed by atoms with Crippen molar-refractivity contribution in [1.82, 2.24) is 0 Å². The monoisotopic (exact) mass is 127 g/mol. The van der Waals surface area contributed by atoms with Gasteiger partial charge in [0.05, 0.1) is 0 Å². The van der Waals surface area contributed by atoms with Gasteiger partial charge in [-0.25, -0.2) is 0 Å². The maximum absolute atomic E-state index is 8.84. The third-order valence-electron chi connectivity index (χ3n) is 0.778. The van der Waals surface area contributed by atoms with Crippen LogP contribution in [-0.4, -0.2) is 23.5 Å². The topological polar surface area (TPSA) is 32.6 Å². The summed E-state index contributed by atoms with van der Waals surface area (Å²) in [4.78, 5) is 3.95. The Bertz CT molecular complexity index is 107. The summed E-state index contributed by atoms with van der Waals surface area (Å²) in [5.74, 6) is 0. The number of hydrogen-bond donors (Lipinski definition) is 1. The van der Waals surface area contributed by atoms with Crippen molar-refractivity contribution in [3.63, 3.8) is 0 Å². The van der Waals surface area contributed by atoms with E-state index < -0.39 is 6.10 Å². The largest absolute Gasteiger partial charge is 0.383 e. The number of aliphatic hydroxyl groups is 1. The van der Waals surface area contributed by atoms with Gasteiger partial charge in [0.2, 0.25) is 0 Å². The maximum atomic E-state index is 8.84. The van der Waals surface area contributed by atoms with E-state index in [0.29, 0.717) is 0 Å². The van der Waals surface area contributed by atoms with E-state index in [-0.39, 0.29) is 6.04 Å². The van der Waals surface area contributed by atoms with Gasteiger partial charge in [0.15, 0.2) is 0 Å². The lowest BCUT2D eigenvalue weighted by Crippen LogP contribution is -2.04. The van der Waals surface area contributed by atoms with Crippen LogP contribution in [0.3, 0.4) is 0 Å². The van der Waals surface area contributed by atoms with E-state index in [0.717, 1.165) is 0 Å². The van der Waals surface area contributed by atoms with Crippen molar-refractivity contribution in [1.29, 1.82) is 0 Å². The lowest BCUT2D eigenvalue weighted by molar-refractivity contribution is 0.293. The minimum Gasteiger partial charge on any atom is -0.383 e. The van der Waals surface area contributed by atoms with Crippen LogP contribution in [-0.2, 0) is 0 Å². The molecule has 0 aliphatic rings. The van der Waals surface area contributed by atoms with Crippen LogP contribution in [0.25, 0.3) is 0 Å². The van der Waals surface area contributed by atoms with Crippen LogP contribution in [0.2, 0.25) is 0 Å². The van der Waals surface area contributed by atoms with Crippen LogP contribution in [0.1, 0.15) is 13.8 Å². The zero-order valence-corrected chi connectivity index (χ0v) is 5.91. The normalized spacial score (nSPS) is 14.7.